The lowest BCUT2D eigenvalue weighted by Crippen LogP contribution is -2.56. The van der Waals surface area contributed by atoms with Crippen LogP contribution in [-0.4, -0.2) is 54.5 Å². The topological polar surface area (TPSA) is 162 Å². The van der Waals surface area contributed by atoms with Gasteiger partial charge in [0, 0.05) is 11.0 Å². The number of carbonyl (C=O) groups excluding carboxylic acids is 4. The molecule has 2 rings (SSSR count). The molecule has 0 saturated heterocycles. The minimum absolute atomic E-state index is 0.0116. The van der Waals surface area contributed by atoms with Crippen LogP contribution in [-0.2, 0) is 30.3 Å². The molecule has 1 aromatic rings. The molecule has 0 fully saturated rings. The number of hydrogen-bond donors (Lipinski definition) is 3. The molecule has 0 aromatic heterocycles. The molecule has 1 heterocycles. The smallest absolute Gasteiger partial charge is 0.330 e. The summed E-state index contributed by atoms with van der Waals surface area (Å²) in [6, 6.07) is 5.81. The number of nitrogens with one attached hydrogen (secondary N) is 3. The van der Waals surface area contributed by atoms with E-state index >= 15 is 0 Å². The van der Waals surface area contributed by atoms with Crippen molar-refractivity contribution < 1.29 is 23.9 Å². The molecule has 4 atom stereocenters. The second-order valence-corrected chi connectivity index (χ2v) is 9.90. The van der Waals surface area contributed by atoms with E-state index < -0.39 is 47.9 Å². The van der Waals surface area contributed by atoms with E-state index in [0.29, 0.717) is 12.8 Å². The molecular weight excluding hydrogens is 476 g/mol. The van der Waals surface area contributed by atoms with Gasteiger partial charge in [-0.2, -0.15) is 0 Å². The highest BCUT2D eigenvalue weighted by molar-refractivity contribution is 5.93. The lowest BCUT2D eigenvalue weighted by atomic mass is 9.99. The van der Waals surface area contributed by atoms with Crippen molar-refractivity contribution in [1.82, 2.24) is 16.0 Å². The Kier molecular flexibility index (Phi) is 11.6. The van der Waals surface area contributed by atoms with E-state index in [4.69, 9.17) is 10.3 Å². The third kappa shape index (κ3) is 10.3. The predicted molar refractivity (Wildman–Crippen MR) is 138 cm³/mol. The summed E-state index contributed by atoms with van der Waals surface area (Å²) in [5.74, 6) is -1.82. The van der Waals surface area contributed by atoms with Crippen molar-refractivity contribution in [2.24, 2.45) is 17.0 Å². The molecule has 0 bridgehead atoms. The Morgan fingerprint density at radius 3 is 2.14 bits per heavy atom. The summed E-state index contributed by atoms with van der Waals surface area (Å²) in [6.45, 7) is 7.69. The highest BCUT2D eigenvalue weighted by Crippen LogP contribution is 2.12. The van der Waals surface area contributed by atoms with Gasteiger partial charge in [0.2, 0.25) is 17.7 Å². The predicted octanol–water partition coefficient (Wildman–Crippen LogP) is 2.57. The zero-order valence-electron chi connectivity index (χ0n) is 21.7. The Bertz CT molecular complexity index is 1020. The largest absolute Gasteiger partial charge is 0.460 e. The Morgan fingerprint density at radius 1 is 1.00 bits per heavy atom. The van der Waals surface area contributed by atoms with Crippen LogP contribution in [0.5, 0.6) is 0 Å². The monoisotopic (exact) mass is 512 g/mol. The average molecular weight is 513 g/mol. The molecule has 1 aromatic carbocycles. The summed E-state index contributed by atoms with van der Waals surface area (Å²) < 4.78 is 4.93. The van der Waals surface area contributed by atoms with Gasteiger partial charge in [-0.25, -0.2) is 4.79 Å². The average Bonchev–Trinajstić information content (AvgIpc) is 2.84. The minimum Gasteiger partial charge on any atom is -0.460 e. The first-order valence-corrected chi connectivity index (χ1v) is 12.4. The summed E-state index contributed by atoms with van der Waals surface area (Å²) in [5, 5.41) is 11.9. The summed E-state index contributed by atoms with van der Waals surface area (Å²) in [5.41, 5.74) is 9.80. The van der Waals surface area contributed by atoms with E-state index in [1.54, 1.807) is 6.08 Å². The summed E-state index contributed by atoms with van der Waals surface area (Å²) in [4.78, 5) is 53.3. The standard InChI is InChI=1S/C26H36N6O5/c1-16(2)12-20(24(34)28-19-10-11-23(33)37-15-19)29-25(35)21(13-17(3)4)30-26(36)22(31-32-27)14-18-8-6-5-7-9-18/h5-11,16-17,19-22H,12-15H2,1-4H3,(H,28,34)(H,29,35)(H,30,36)/t19-,20+,21+,22+/m1/s1. The molecule has 11 nitrogen and oxygen atoms in total. The van der Waals surface area contributed by atoms with Gasteiger partial charge < -0.3 is 20.7 Å². The molecule has 37 heavy (non-hydrogen) atoms. The number of rotatable bonds is 13. The number of cyclic esters (lactones) is 1. The maximum absolute atomic E-state index is 13.3. The lowest BCUT2D eigenvalue weighted by Gasteiger charge is -2.27. The van der Waals surface area contributed by atoms with Gasteiger partial charge in [0.25, 0.3) is 0 Å². The van der Waals surface area contributed by atoms with Crippen LogP contribution in [0.3, 0.4) is 0 Å². The second kappa shape index (κ2) is 14.6. The molecule has 1 aliphatic rings. The number of hydrogen-bond acceptors (Lipinski definition) is 6. The van der Waals surface area contributed by atoms with Crippen LogP contribution in [0.15, 0.2) is 47.6 Å². The van der Waals surface area contributed by atoms with Crippen molar-refractivity contribution in [1.29, 1.82) is 0 Å². The number of ether oxygens (including phenoxy) is 1. The van der Waals surface area contributed by atoms with Crippen molar-refractivity contribution in [3.8, 4) is 0 Å². The van der Waals surface area contributed by atoms with Gasteiger partial charge in [-0.05, 0) is 42.2 Å². The van der Waals surface area contributed by atoms with Crippen LogP contribution < -0.4 is 16.0 Å². The van der Waals surface area contributed by atoms with E-state index in [-0.39, 0.29) is 24.9 Å². The van der Waals surface area contributed by atoms with Crippen molar-refractivity contribution in [3.63, 3.8) is 0 Å². The normalized spacial score (nSPS) is 17.2. The molecule has 11 heteroatoms. The zero-order chi connectivity index (χ0) is 27.4. The van der Waals surface area contributed by atoms with E-state index in [9.17, 15) is 19.2 Å². The van der Waals surface area contributed by atoms with E-state index in [2.05, 4.69) is 26.0 Å². The first-order chi connectivity index (χ1) is 17.6. The van der Waals surface area contributed by atoms with Gasteiger partial charge in [0.05, 0.1) is 6.04 Å². The van der Waals surface area contributed by atoms with Gasteiger partial charge in [-0.3, -0.25) is 14.4 Å². The van der Waals surface area contributed by atoms with Crippen LogP contribution in [0.4, 0.5) is 0 Å². The maximum atomic E-state index is 13.3. The molecule has 200 valence electrons. The molecule has 3 amide bonds. The number of azide groups is 1. The molecule has 0 radical (unpaired) electrons. The van der Waals surface area contributed by atoms with Crippen LogP contribution in [0.25, 0.3) is 10.4 Å². The summed E-state index contributed by atoms with van der Waals surface area (Å²) in [6.07, 6.45) is 3.66. The van der Waals surface area contributed by atoms with Crippen molar-refractivity contribution in [2.75, 3.05) is 6.61 Å². The fourth-order valence-corrected chi connectivity index (χ4v) is 3.88. The van der Waals surface area contributed by atoms with E-state index in [1.165, 1.54) is 6.08 Å². The highest BCUT2D eigenvalue weighted by Gasteiger charge is 2.30. The highest BCUT2D eigenvalue weighted by atomic mass is 16.5. The minimum atomic E-state index is -1.04. The van der Waals surface area contributed by atoms with Gasteiger partial charge in [-0.15, -0.1) is 0 Å². The van der Waals surface area contributed by atoms with Crippen molar-refractivity contribution >= 4 is 23.7 Å². The Balaban J connectivity index is 2.13. The van der Waals surface area contributed by atoms with Gasteiger partial charge in [0.15, 0.2) is 0 Å². The fourth-order valence-electron chi connectivity index (χ4n) is 3.88. The van der Waals surface area contributed by atoms with Crippen LogP contribution in [0.1, 0.15) is 46.1 Å². The molecular formula is C26H36N6O5. The van der Waals surface area contributed by atoms with Crippen LogP contribution >= 0.6 is 0 Å². The number of nitrogens with zero attached hydrogens (tertiary/aromatic N) is 3. The molecule has 0 aliphatic carbocycles. The number of amides is 3. The SMILES string of the molecule is CC(C)C[C@H](NC(=O)[C@H](Cc1ccccc1)N=[N+]=[N-])C(=O)N[C@@H](CC(C)C)C(=O)N[C@@H]1C=CC(=O)OC1. The fraction of sp³-hybridized carbons (Fsp3) is 0.538. The Labute approximate surface area is 217 Å². The van der Waals surface area contributed by atoms with Gasteiger partial charge >= 0.3 is 5.97 Å². The maximum Gasteiger partial charge on any atom is 0.330 e. The van der Waals surface area contributed by atoms with E-state index in [1.807, 2.05) is 58.0 Å². The third-order valence-electron chi connectivity index (χ3n) is 5.64. The zero-order valence-corrected chi connectivity index (χ0v) is 21.7. The molecule has 3 N–H and O–H groups in total. The number of esters is 1. The van der Waals surface area contributed by atoms with Gasteiger partial charge in [0.1, 0.15) is 24.7 Å². The van der Waals surface area contributed by atoms with Crippen LogP contribution in [0, 0.1) is 11.8 Å². The summed E-state index contributed by atoms with van der Waals surface area (Å²) in [7, 11) is 0. The third-order valence-corrected chi connectivity index (χ3v) is 5.64. The quantitative estimate of drug-likeness (QED) is 0.160. The van der Waals surface area contributed by atoms with Crippen LogP contribution in [0.2, 0.25) is 0 Å². The number of benzene rings is 1. The second-order valence-electron chi connectivity index (χ2n) is 9.90. The number of carbonyl (C=O) groups is 4. The first kappa shape index (κ1) is 29.4. The lowest BCUT2D eigenvalue weighted by molar-refractivity contribution is -0.140. The Hall–Kier alpha value is -3.85. The summed E-state index contributed by atoms with van der Waals surface area (Å²) >= 11 is 0. The first-order valence-electron chi connectivity index (χ1n) is 12.4. The van der Waals surface area contributed by atoms with Crippen molar-refractivity contribution in [2.45, 2.75) is 71.1 Å². The molecule has 0 unspecified atom stereocenters. The molecule has 0 spiro atoms. The molecule has 0 saturated carbocycles. The molecule has 1 aliphatic heterocycles. The van der Waals surface area contributed by atoms with Gasteiger partial charge in [-0.1, -0.05) is 69.2 Å². The van der Waals surface area contributed by atoms with E-state index in [0.717, 1.165) is 5.56 Å². The Morgan fingerprint density at radius 2 is 1.59 bits per heavy atom. The van der Waals surface area contributed by atoms with Crippen molar-refractivity contribution in [3.05, 3.63) is 58.5 Å².